The molecule has 0 aliphatic carbocycles. The summed E-state index contributed by atoms with van der Waals surface area (Å²) in [5, 5.41) is 12.5. The van der Waals surface area contributed by atoms with Gasteiger partial charge in [0.15, 0.2) is 0 Å². The molecule has 0 aliphatic heterocycles. The predicted molar refractivity (Wildman–Crippen MR) is 458 cm³/mol. The van der Waals surface area contributed by atoms with Crippen molar-refractivity contribution in [2.75, 3.05) is 96.8 Å². The minimum Gasteiger partial charge on any atom is -0.305 e. The van der Waals surface area contributed by atoms with Crippen LogP contribution in [-0.4, -0.2) is 137 Å². The summed E-state index contributed by atoms with van der Waals surface area (Å²) >= 11 is 2.94. The molecule has 0 aliphatic rings. The predicted octanol–water partition coefficient (Wildman–Crippen LogP) is 21.4. The average Bonchev–Trinajstić information content (AvgIpc) is 0.834. The van der Waals surface area contributed by atoms with Crippen LogP contribution in [0.2, 0.25) is 0 Å². The number of hydrogen-bond acceptors (Lipinski definition) is 17. The van der Waals surface area contributed by atoms with E-state index in [2.05, 4.69) is 99.7 Å². The molecule has 6 aromatic heterocycles. The molecule has 7 aromatic carbocycles. The molecule has 0 N–H and O–H groups in total. The van der Waals surface area contributed by atoms with Crippen LogP contribution in [0.1, 0.15) is 5.56 Å². The summed E-state index contributed by atoms with van der Waals surface area (Å²) in [7, 11) is 32.5. The molecule has 2 radical (unpaired) electrons. The van der Waals surface area contributed by atoms with Gasteiger partial charge in [-0.2, -0.15) is 37.9 Å². The third-order valence-corrected chi connectivity index (χ3v) is 13.2. The van der Waals surface area contributed by atoms with Gasteiger partial charge < -0.3 is 112 Å². The Balaban J connectivity index is -0.000000245. The van der Waals surface area contributed by atoms with Crippen molar-refractivity contribution >= 4 is 24.9 Å². The van der Waals surface area contributed by atoms with E-state index >= 15 is 0 Å². The number of methoxy groups -OCH3 is 5. The minimum atomic E-state index is -0.694. The third kappa shape index (κ3) is 58.8. The molecular formula is C93H94Cl2F6Ir6N12O5-4. The van der Waals surface area contributed by atoms with Crippen molar-refractivity contribution in [3.05, 3.63) is 405 Å². The first-order chi connectivity index (χ1) is 57.2. The Morgan fingerprint density at radius 2 is 0.637 bits per heavy atom. The van der Waals surface area contributed by atoms with Gasteiger partial charge in [0.25, 0.3) is 0 Å². The number of anilines is 1. The fraction of sp³-hybridized carbons (Fsp3) is 0.140. The molecule has 6 heterocycles. The summed E-state index contributed by atoms with van der Waals surface area (Å²) in [6.07, 6.45) is 9.99. The van der Waals surface area contributed by atoms with Crippen molar-refractivity contribution in [3.8, 4) is 73.3 Å². The normalized spacial score (nSPS) is 8.92. The molecule has 0 fully saturated rings. The van der Waals surface area contributed by atoms with Crippen molar-refractivity contribution in [3.63, 3.8) is 0 Å². The van der Waals surface area contributed by atoms with Crippen molar-refractivity contribution in [2.24, 2.45) is 0 Å². The van der Waals surface area contributed by atoms with E-state index in [1.54, 1.807) is 123 Å². The summed E-state index contributed by atoms with van der Waals surface area (Å²) in [5.41, 5.74) is 9.76. The van der Waals surface area contributed by atoms with Gasteiger partial charge in [0.1, 0.15) is 5.75 Å². The monoisotopic (exact) mass is 2800 g/mol. The second kappa shape index (κ2) is 84.2. The van der Waals surface area contributed by atoms with Gasteiger partial charge in [0.2, 0.25) is 0 Å². The van der Waals surface area contributed by atoms with Crippen molar-refractivity contribution < 1.29 is 166 Å². The zero-order valence-electron chi connectivity index (χ0n) is 70.2. The molecule has 31 heteroatoms. The first kappa shape index (κ1) is 129. The molecule has 0 unspecified atom stereocenters. The van der Waals surface area contributed by atoms with Crippen LogP contribution in [0.15, 0.2) is 274 Å². The number of hydrogen-bond donors (Lipinski definition) is 0. The fourth-order valence-electron chi connectivity index (χ4n) is 8.47. The summed E-state index contributed by atoms with van der Waals surface area (Å²) < 4.78 is 102. The molecule has 13 aromatic rings. The Morgan fingerprint density at radius 3 is 0.895 bits per heavy atom. The molecule has 0 saturated carbocycles. The zero-order valence-corrected chi connectivity index (χ0v) is 86.1. The maximum Gasteiger partial charge on any atom is 3.00 e. The third-order valence-electron chi connectivity index (χ3n) is 13.2. The molecule has 0 saturated heterocycles. The van der Waals surface area contributed by atoms with E-state index in [1.165, 1.54) is 49.1 Å². The Kier molecular flexibility index (Phi) is 87.4. The van der Waals surface area contributed by atoms with Gasteiger partial charge in [-0.25, -0.2) is 0 Å². The molecule has 0 amide bonds. The van der Waals surface area contributed by atoms with Gasteiger partial charge in [0, 0.05) is 161 Å². The van der Waals surface area contributed by atoms with Gasteiger partial charge in [-0.15, -0.1) is 156 Å². The van der Waals surface area contributed by atoms with Crippen LogP contribution in [-0.2, 0) is 135 Å². The number of ether oxygens (including phenoxy) is 5. The van der Waals surface area contributed by atoms with Crippen molar-refractivity contribution in [1.82, 2.24) is 44.6 Å². The standard InChI is InChI=1S/C13H11F2N2.C12H8F2NO.C11H6F2N.3C11H8N.C8H9O.3C4H10NO.2CN.2CH3.2ClH.6Ir/c1-17(2)10-5-6-16-13(8-10)11-4-3-9(14)7-12(11)15;1-16-9-4-5-15-12(7-9)10-3-2-8(13)6-11(10)14;12-8-4-5-9(10(13)7-8)11-3-1-2-6-14-11;3*1-2-6-10(7-3-1)11-8-4-5-9-12-11;1-9-7-8-5-3-2-4-6-8;3*1-5(2)4-6-3;2*1-2;;;;;;;;;;/h3,5-8H,1-2H3;2,4-7H,1H3;1-4,6-7H;3*1-6,8-9H;2-7H,1H3;3*4H,1-3H3;;;2*1H3;2*1H;;;;;;/q14*-1;;;;;4*+3/p-2. The summed E-state index contributed by atoms with van der Waals surface area (Å²) in [6, 6.07) is 85.5. The number of halogens is 8. The minimum absolute atomic E-state index is 0. The van der Waals surface area contributed by atoms with Gasteiger partial charge in [0.05, 0.1) is 7.11 Å². The Morgan fingerprint density at radius 1 is 0.347 bits per heavy atom. The van der Waals surface area contributed by atoms with Crippen LogP contribution < -0.4 is 9.64 Å². The van der Waals surface area contributed by atoms with E-state index < -0.39 is 34.9 Å². The van der Waals surface area contributed by atoms with Gasteiger partial charge >= 0.3 is 95.2 Å². The van der Waals surface area contributed by atoms with E-state index in [4.69, 9.17) is 33.1 Å². The van der Waals surface area contributed by atoms with E-state index in [1.807, 2.05) is 240 Å². The van der Waals surface area contributed by atoms with E-state index in [9.17, 15) is 26.3 Å². The first-order valence-electron chi connectivity index (χ1n) is 34.2. The number of rotatable bonds is 16. The van der Waals surface area contributed by atoms with E-state index in [0.29, 0.717) is 22.8 Å². The molecule has 17 nitrogen and oxygen atoms in total. The fourth-order valence-corrected chi connectivity index (χ4v) is 8.47. The topological polar surface area (TPSA) is 184 Å². The average molecular weight is 2800 g/mol. The Hall–Kier alpha value is -8.33. The SMILES string of the molecule is CN(C)c1ccnc(-c2[c-]cc(F)cc2F)c1.CO[CH-]N(C)C.CO[CH-]N(C)C.CO[CH-]N(C)C.CO[CH-]c1ccccc1.COc1ccnc(-c2[c-]cc(F)cc2F)c1.Fc1c[c-]c(-c2ccccn2)c(F)c1.[C-]#N.[C-]#N.[CH3-].[CH3-].[Cl][Ir+2].[Cl][Ir+2].[Ir+3].[Ir+3].[Ir].[Ir].[c-]1ccccc1-c1ccccn1.[c-]1ccccc1-c1ccccn1.[c-]1ccccc1-c1ccccn1. The van der Waals surface area contributed by atoms with Crippen LogP contribution in [0, 0.1) is 137 Å². The van der Waals surface area contributed by atoms with Crippen LogP contribution in [0.25, 0.3) is 67.5 Å². The van der Waals surface area contributed by atoms with Gasteiger partial charge in [-0.05, 0) is 119 Å². The maximum atomic E-state index is 13.5. The number of aromatic nitrogens is 6. The number of pyridine rings is 6. The summed E-state index contributed by atoms with van der Waals surface area (Å²) in [6.45, 7) is 16.1. The maximum absolute atomic E-state index is 13.5. The molecule has 0 spiro atoms. The van der Waals surface area contributed by atoms with Crippen LogP contribution >= 0.6 is 19.2 Å². The smallest absolute Gasteiger partial charge is 0.305 e. The Bertz CT molecular complexity index is 4350. The molecular weight excluding hydrogens is 2700 g/mol. The number of benzene rings is 7. The van der Waals surface area contributed by atoms with Crippen LogP contribution in [0.3, 0.4) is 0 Å². The van der Waals surface area contributed by atoms with Crippen molar-refractivity contribution in [2.45, 2.75) is 0 Å². The first-order valence-corrected chi connectivity index (χ1v) is 40.1. The summed E-state index contributed by atoms with van der Waals surface area (Å²) in [5.74, 6) is -3.39. The van der Waals surface area contributed by atoms with Crippen LogP contribution in [0.5, 0.6) is 5.75 Å². The number of nitrogens with zero attached hydrogens (tertiary/aromatic N) is 12. The second-order valence-corrected chi connectivity index (χ2v) is 22.9. The largest absolute Gasteiger partial charge is 3.00 e. The molecule has 0 atom stereocenters. The quantitative estimate of drug-likeness (QED) is 0.0657. The second-order valence-electron chi connectivity index (χ2n) is 22.9. The molecule has 670 valence electrons. The molecule has 0 bridgehead atoms. The molecule has 124 heavy (non-hydrogen) atoms. The van der Waals surface area contributed by atoms with Gasteiger partial charge in [-0.1, -0.05) is 102 Å². The van der Waals surface area contributed by atoms with Gasteiger partial charge in [-0.3, -0.25) is 26.3 Å². The van der Waals surface area contributed by atoms with Crippen molar-refractivity contribution in [1.29, 1.82) is 10.5 Å². The van der Waals surface area contributed by atoms with Crippen LogP contribution in [0.4, 0.5) is 32.0 Å². The van der Waals surface area contributed by atoms with E-state index in [0.717, 1.165) is 81.4 Å². The zero-order chi connectivity index (χ0) is 88.1. The van der Waals surface area contributed by atoms with E-state index in [-0.39, 0.29) is 112 Å². The molecule has 13 rings (SSSR count). The summed E-state index contributed by atoms with van der Waals surface area (Å²) in [4.78, 5) is 32.0. The Labute approximate surface area is 814 Å².